The monoisotopic (exact) mass is 221 g/mol. The van der Waals surface area contributed by atoms with Crippen LogP contribution < -0.4 is 5.32 Å². The van der Waals surface area contributed by atoms with Gasteiger partial charge in [-0.25, -0.2) is 0 Å². The van der Waals surface area contributed by atoms with E-state index in [9.17, 15) is 4.79 Å². The van der Waals surface area contributed by atoms with Gasteiger partial charge in [0.1, 0.15) is 0 Å². The van der Waals surface area contributed by atoms with Gasteiger partial charge in [-0.1, -0.05) is 36.0 Å². The first-order chi connectivity index (χ1) is 7.60. The van der Waals surface area contributed by atoms with E-state index >= 15 is 0 Å². The van der Waals surface area contributed by atoms with E-state index in [1.807, 2.05) is 13.0 Å². The molecule has 0 aromatic carbocycles. The molecule has 1 N–H and O–H groups in total. The van der Waals surface area contributed by atoms with Crippen LogP contribution in [0.2, 0.25) is 0 Å². The van der Waals surface area contributed by atoms with Gasteiger partial charge in [0.15, 0.2) is 0 Å². The fraction of sp³-hybridized carbons (Fsp3) is 0.500. The summed E-state index contributed by atoms with van der Waals surface area (Å²) in [7, 11) is 0. The maximum Gasteiger partial charge on any atom is 0.207 e. The first-order valence-electron chi connectivity index (χ1n) is 5.76. The third-order valence-electron chi connectivity index (χ3n) is 2.42. The summed E-state index contributed by atoms with van der Waals surface area (Å²) in [5.41, 5.74) is 2.60. The Morgan fingerprint density at radius 2 is 2.12 bits per heavy atom. The predicted molar refractivity (Wildman–Crippen MR) is 70.2 cm³/mol. The molecule has 1 amide bonds. The molecule has 2 nitrogen and oxygen atoms in total. The highest BCUT2D eigenvalue weighted by Gasteiger charge is 1.99. The van der Waals surface area contributed by atoms with E-state index in [2.05, 4.69) is 31.8 Å². The van der Waals surface area contributed by atoms with Gasteiger partial charge in [-0.3, -0.25) is 4.79 Å². The van der Waals surface area contributed by atoms with Gasteiger partial charge in [-0.2, -0.15) is 0 Å². The fourth-order valence-corrected chi connectivity index (χ4v) is 1.58. The number of amides is 1. The molecule has 0 fully saturated rings. The summed E-state index contributed by atoms with van der Waals surface area (Å²) in [4.78, 5) is 10.2. The van der Waals surface area contributed by atoms with Crippen LogP contribution in [0.15, 0.2) is 36.0 Å². The van der Waals surface area contributed by atoms with Crippen molar-refractivity contribution in [3.8, 4) is 0 Å². The van der Waals surface area contributed by atoms with Crippen LogP contribution in [0.5, 0.6) is 0 Å². The quantitative estimate of drug-likeness (QED) is 0.494. The van der Waals surface area contributed by atoms with Gasteiger partial charge in [-0.15, -0.1) is 0 Å². The third kappa shape index (κ3) is 8.04. The molecular formula is C14H23NO. The SMILES string of the molecule is C=CC=C(C)C=C(C)CCCC(C)NC=O. The molecule has 0 saturated carbocycles. The van der Waals surface area contributed by atoms with Crippen molar-refractivity contribution in [3.05, 3.63) is 36.0 Å². The van der Waals surface area contributed by atoms with Crippen LogP contribution in [-0.2, 0) is 4.79 Å². The van der Waals surface area contributed by atoms with Gasteiger partial charge in [0, 0.05) is 6.04 Å². The summed E-state index contributed by atoms with van der Waals surface area (Å²) in [6.07, 6.45) is 9.95. The maximum atomic E-state index is 10.2. The molecule has 0 aliphatic heterocycles. The summed E-state index contributed by atoms with van der Waals surface area (Å²) >= 11 is 0. The van der Waals surface area contributed by atoms with Gasteiger partial charge < -0.3 is 5.32 Å². The minimum absolute atomic E-state index is 0.273. The molecule has 0 spiro atoms. The van der Waals surface area contributed by atoms with Gasteiger partial charge in [-0.05, 0) is 40.0 Å². The lowest BCUT2D eigenvalue weighted by Gasteiger charge is -2.09. The molecule has 0 aliphatic rings. The zero-order valence-electron chi connectivity index (χ0n) is 10.6. The van der Waals surface area contributed by atoms with Crippen LogP contribution in [0.1, 0.15) is 40.0 Å². The Balaban J connectivity index is 3.88. The van der Waals surface area contributed by atoms with E-state index in [-0.39, 0.29) is 6.04 Å². The van der Waals surface area contributed by atoms with Crippen molar-refractivity contribution in [2.45, 2.75) is 46.1 Å². The molecule has 0 saturated heterocycles. The molecule has 2 heteroatoms. The van der Waals surface area contributed by atoms with Crippen LogP contribution in [-0.4, -0.2) is 12.5 Å². The van der Waals surface area contributed by atoms with Crippen LogP contribution in [0.4, 0.5) is 0 Å². The second kappa shape index (κ2) is 8.96. The first-order valence-corrected chi connectivity index (χ1v) is 5.76. The Hall–Kier alpha value is -1.31. The Morgan fingerprint density at radius 3 is 2.69 bits per heavy atom. The summed E-state index contributed by atoms with van der Waals surface area (Å²) < 4.78 is 0. The summed E-state index contributed by atoms with van der Waals surface area (Å²) in [6, 6.07) is 0.273. The molecule has 0 rings (SSSR count). The van der Waals surface area contributed by atoms with Crippen molar-refractivity contribution < 1.29 is 4.79 Å². The van der Waals surface area contributed by atoms with Gasteiger partial charge in [0.05, 0.1) is 0 Å². The second-order valence-corrected chi connectivity index (χ2v) is 4.21. The van der Waals surface area contributed by atoms with E-state index < -0.39 is 0 Å². The molecule has 16 heavy (non-hydrogen) atoms. The zero-order chi connectivity index (χ0) is 12.4. The molecule has 0 bridgehead atoms. The lowest BCUT2D eigenvalue weighted by atomic mass is 10.0. The predicted octanol–water partition coefficient (Wildman–Crippen LogP) is 3.37. The normalized spacial score (nSPS) is 14.4. The van der Waals surface area contributed by atoms with Crippen molar-refractivity contribution in [2.24, 2.45) is 0 Å². The van der Waals surface area contributed by atoms with Crippen LogP contribution in [0, 0.1) is 0 Å². The Morgan fingerprint density at radius 1 is 1.44 bits per heavy atom. The first kappa shape index (κ1) is 14.7. The number of nitrogens with one attached hydrogen (secondary N) is 1. The summed E-state index contributed by atoms with van der Waals surface area (Å²) in [5.74, 6) is 0. The number of allylic oxidation sites excluding steroid dienone is 5. The van der Waals surface area contributed by atoms with Crippen LogP contribution in [0.25, 0.3) is 0 Å². The standard InChI is InChI=1S/C14H23NO/c1-5-7-12(2)10-13(3)8-6-9-14(4)15-11-16/h5,7,10-11,14H,1,6,8-9H2,2-4H3,(H,15,16). The van der Waals surface area contributed by atoms with Crippen molar-refractivity contribution in [1.82, 2.24) is 5.32 Å². The highest BCUT2D eigenvalue weighted by molar-refractivity contribution is 5.46. The minimum Gasteiger partial charge on any atom is -0.356 e. The lowest BCUT2D eigenvalue weighted by molar-refractivity contribution is -0.110. The number of hydrogen-bond acceptors (Lipinski definition) is 1. The highest BCUT2D eigenvalue weighted by Crippen LogP contribution is 2.11. The molecule has 0 heterocycles. The Kier molecular flexibility index (Phi) is 8.22. The second-order valence-electron chi connectivity index (χ2n) is 4.21. The van der Waals surface area contributed by atoms with E-state index in [0.717, 1.165) is 25.7 Å². The zero-order valence-corrected chi connectivity index (χ0v) is 10.6. The minimum atomic E-state index is 0.273. The van der Waals surface area contributed by atoms with E-state index in [0.29, 0.717) is 0 Å². The topological polar surface area (TPSA) is 29.1 Å². The third-order valence-corrected chi connectivity index (χ3v) is 2.42. The number of carbonyl (C=O) groups excluding carboxylic acids is 1. The molecule has 0 radical (unpaired) electrons. The number of carbonyl (C=O) groups is 1. The van der Waals surface area contributed by atoms with Crippen molar-refractivity contribution in [1.29, 1.82) is 0 Å². The largest absolute Gasteiger partial charge is 0.356 e. The number of hydrogen-bond donors (Lipinski definition) is 1. The Labute approximate surface area is 99.1 Å². The molecule has 0 aromatic rings. The van der Waals surface area contributed by atoms with E-state index in [4.69, 9.17) is 0 Å². The number of rotatable bonds is 8. The van der Waals surface area contributed by atoms with Gasteiger partial charge in [0.2, 0.25) is 6.41 Å². The van der Waals surface area contributed by atoms with Crippen LogP contribution >= 0.6 is 0 Å². The highest BCUT2D eigenvalue weighted by atomic mass is 16.1. The molecule has 0 aromatic heterocycles. The molecular weight excluding hydrogens is 198 g/mol. The van der Waals surface area contributed by atoms with Gasteiger partial charge >= 0.3 is 0 Å². The van der Waals surface area contributed by atoms with E-state index in [1.54, 1.807) is 6.08 Å². The maximum absolute atomic E-state index is 10.2. The van der Waals surface area contributed by atoms with Crippen LogP contribution in [0.3, 0.4) is 0 Å². The van der Waals surface area contributed by atoms with Crippen molar-refractivity contribution in [2.75, 3.05) is 0 Å². The van der Waals surface area contributed by atoms with Crippen molar-refractivity contribution in [3.63, 3.8) is 0 Å². The lowest BCUT2D eigenvalue weighted by Crippen LogP contribution is -2.23. The molecule has 1 atom stereocenters. The average Bonchev–Trinajstić information content (AvgIpc) is 2.18. The molecule has 1 unspecified atom stereocenters. The summed E-state index contributed by atoms with van der Waals surface area (Å²) in [5, 5.41) is 2.76. The van der Waals surface area contributed by atoms with Crippen molar-refractivity contribution >= 4 is 6.41 Å². The molecule has 0 aliphatic carbocycles. The summed E-state index contributed by atoms with van der Waals surface area (Å²) in [6.45, 7) is 9.90. The van der Waals surface area contributed by atoms with Gasteiger partial charge in [0.25, 0.3) is 0 Å². The van der Waals surface area contributed by atoms with E-state index in [1.165, 1.54) is 11.1 Å². The molecule has 90 valence electrons. The smallest absolute Gasteiger partial charge is 0.207 e. The fourth-order valence-electron chi connectivity index (χ4n) is 1.58. The average molecular weight is 221 g/mol. The Bertz CT molecular complexity index is 276.